The van der Waals surface area contributed by atoms with Crippen LogP contribution in [-0.4, -0.2) is 19.6 Å². The number of halogens is 4. The van der Waals surface area contributed by atoms with E-state index in [1.54, 1.807) is 13.0 Å². The molecule has 0 saturated carbocycles. The van der Waals surface area contributed by atoms with E-state index in [1.807, 2.05) is 0 Å². The second-order valence-corrected chi connectivity index (χ2v) is 4.81. The van der Waals surface area contributed by atoms with Gasteiger partial charge in [-0.25, -0.2) is 4.79 Å². The van der Waals surface area contributed by atoms with Gasteiger partial charge in [-0.05, 0) is 25.1 Å². The van der Waals surface area contributed by atoms with Gasteiger partial charge >= 0.3 is 12.1 Å². The Labute approximate surface area is 122 Å². The maximum atomic E-state index is 12.7. The van der Waals surface area contributed by atoms with Crippen molar-refractivity contribution in [3.05, 3.63) is 39.9 Å². The van der Waals surface area contributed by atoms with Crippen molar-refractivity contribution < 1.29 is 22.7 Å². The van der Waals surface area contributed by atoms with E-state index in [1.165, 1.54) is 19.2 Å². The molecule has 0 aliphatic rings. The minimum Gasteiger partial charge on any atom is -0.466 e. The van der Waals surface area contributed by atoms with Gasteiger partial charge in [-0.15, -0.1) is 0 Å². The fourth-order valence-electron chi connectivity index (χ4n) is 1.42. The molecule has 0 saturated heterocycles. The molecule has 20 heavy (non-hydrogen) atoms. The molecule has 1 N–H and O–H groups in total. The molecule has 0 heterocycles. The fourth-order valence-corrected chi connectivity index (χ4v) is 1.89. The molecule has 0 aliphatic carbocycles. The second-order valence-electron chi connectivity index (χ2n) is 3.95. The van der Waals surface area contributed by atoms with Gasteiger partial charge in [0, 0.05) is 22.3 Å². The Balaban J connectivity index is 2.78. The third kappa shape index (κ3) is 4.56. The first-order valence-corrected chi connectivity index (χ1v) is 6.40. The minimum atomic E-state index is -4.42. The monoisotopic (exact) mass is 351 g/mol. The number of hydrogen-bond donors (Lipinski definition) is 1. The van der Waals surface area contributed by atoms with Crippen molar-refractivity contribution in [3.8, 4) is 0 Å². The number of anilines is 1. The number of carbonyl (C=O) groups is 1. The lowest BCUT2D eigenvalue weighted by Crippen LogP contribution is -2.08. The number of alkyl halides is 3. The quantitative estimate of drug-likeness (QED) is 0.658. The standard InChI is InChI=1S/C13H13BrF3NO2/c1-8(12(19)20-2)5-6-18-9-3-4-11(14)10(7-9)13(15,16)17/h3-5,7,18H,6H2,1-2H3/b8-5+. The Bertz CT molecular complexity index is 527. The van der Waals surface area contributed by atoms with Gasteiger partial charge in [0.25, 0.3) is 0 Å². The summed E-state index contributed by atoms with van der Waals surface area (Å²) in [6.45, 7) is 1.79. The summed E-state index contributed by atoms with van der Waals surface area (Å²) in [5.41, 5.74) is -0.0567. The van der Waals surface area contributed by atoms with E-state index in [0.717, 1.165) is 6.07 Å². The van der Waals surface area contributed by atoms with Crippen molar-refractivity contribution in [3.63, 3.8) is 0 Å². The van der Waals surface area contributed by atoms with E-state index in [-0.39, 0.29) is 11.0 Å². The van der Waals surface area contributed by atoms with Gasteiger partial charge in [0.15, 0.2) is 0 Å². The zero-order chi connectivity index (χ0) is 15.3. The molecule has 0 bridgehead atoms. The third-order valence-corrected chi connectivity index (χ3v) is 3.19. The number of benzene rings is 1. The summed E-state index contributed by atoms with van der Waals surface area (Å²) in [5, 5.41) is 2.79. The summed E-state index contributed by atoms with van der Waals surface area (Å²) >= 11 is 2.87. The van der Waals surface area contributed by atoms with Crippen LogP contribution in [0.25, 0.3) is 0 Å². The molecule has 0 aliphatic heterocycles. The highest BCUT2D eigenvalue weighted by Gasteiger charge is 2.33. The lowest BCUT2D eigenvalue weighted by molar-refractivity contribution is -0.138. The largest absolute Gasteiger partial charge is 0.466 e. The molecule has 3 nitrogen and oxygen atoms in total. The Kier molecular flexibility index (Phi) is 5.62. The Morgan fingerprint density at radius 3 is 2.65 bits per heavy atom. The smallest absolute Gasteiger partial charge is 0.417 e. The third-order valence-electron chi connectivity index (χ3n) is 2.49. The van der Waals surface area contributed by atoms with Crippen molar-refractivity contribution >= 4 is 27.6 Å². The highest BCUT2D eigenvalue weighted by atomic mass is 79.9. The molecular weight excluding hydrogens is 339 g/mol. The number of rotatable bonds is 4. The van der Waals surface area contributed by atoms with Crippen LogP contribution in [0.3, 0.4) is 0 Å². The van der Waals surface area contributed by atoms with Crippen LogP contribution in [0.5, 0.6) is 0 Å². The van der Waals surface area contributed by atoms with Crippen LogP contribution in [0.4, 0.5) is 18.9 Å². The van der Waals surface area contributed by atoms with E-state index >= 15 is 0 Å². The van der Waals surface area contributed by atoms with Crippen molar-refractivity contribution in [2.75, 3.05) is 19.0 Å². The summed E-state index contributed by atoms with van der Waals surface area (Å²) in [5.74, 6) is -0.474. The van der Waals surface area contributed by atoms with Gasteiger partial charge in [0.05, 0.1) is 12.7 Å². The summed E-state index contributed by atoms with van der Waals surface area (Å²) in [6.07, 6.45) is -2.88. The minimum absolute atomic E-state index is 0.0168. The Hall–Kier alpha value is -1.50. The van der Waals surface area contributed by atoms with Crippen molar-refractivity contribution in [2.45, 2.75) is 13.1 Å². The number of ether oxygens (including phenoxy) is 1. The molecule has 7 heteroatoms. The lowest BCUT2D eigenvalue weighted by atomic mass is 10.2. The van der Waals surface area contributed by atoms with E-state index in [4.69, 9.17) is 0 Å². The number of hydrogen-bond acceptors (Lipinski definition) is 3. The molecule has 1 rings (SSSR count). The van der Waals surface area contributed by atoms with Crippen molar-refractivity contribution in [1.82, 2.24) is 0 Å². The fraction of sp³-hybridized carbons (Fsp3) is 0.308. The molecule has 0 spiro atoms. The van der Waals surface area contributed by atoms with E-state index in [0.29, 0.717) is 11.3 Å². The lowest BCUT2D eigenvalue weighted by Gasteiger charge is -2.12. The molecule has 0 atom stereocenters. The van der Waals surface area contributed by atoms with Gasteiger partial charge in [-0.3, -0.25) is 0 Å². The number of esters is 1. The molecular formula is C13H13BrF3NO2. The molecule has 0 radical (unpaired) electrons. The highest BCUT2D eigenvalue weighted by Crippen LogP contribution is 2.36. The van der Waals surface area contributed by atoms with Gasteiger partial charge in [0.1, 0.15) is 0 Å². The predicted octanol–water partition coefficient (Wildman–Crippen LogP) is 4.00. The van der Waals surface area contributed by atoms with Crippen LogP contribution in [0.2, 0.25) is 0 Å². The molecule has 0 fully saturated rings. The zero-order valence-electron chi connectivity index (χ0n) is 10.8. The molecule has 1 aromatic carbocycles. The van der Waals surface area contributed by atoms with Gasteiger partial charge in [-0.1, -0.05) is 22.0 Å². The molecule has 1 aromatic rings. The molecule has 0 amide bonds. The summed E-state index contributed by atoms with van der Waals surface area (Å²) in [4.78, 5) is 11.1. The predicted molar refractivity (Wildman–Crippen MR) is 73.4 cm³/mol. The first kappa shape index (κ1) is 16.6. The number of methoxy groups -OCH3 is 1. The first-order valence-electron chi connectivity index (χ1n) is 5.61. The Morgan fingerprint density at radius 2 is 2.10 bits per heavy atom. The van der Waals surface area contributed by atoms with Crippen molar-refractivity contribution in [2.24, 2.45) is 0 Å². The number of nitrogens with one attached hydrogen (secondary N) is 1. The summed E-state index contributed by atoms with van der Waals surface area (Å²) < 4.78 is 42.6. The topological polar surface area (TPSA) is 38.3 Å². The van der Waals surface area contributed by atoms with Crippen LogP contribution in [0.15, 0.2) is 34.3 Å². The number of carbonyl (C=O) groups excluding carboxylic acids is 1. The highest BCUT2D eigenvalue weighted by molar-refractivity contribution is 9.10. The van der Waals surface area contributed by atoms with Crippen LogP contribution in [0.1, 0.15) is 12.5 Å². The second kappa shape index (κ2) is 6.78. The Morgan fingerprint density at radius 1 is 1.45 bits per heavy atom. The van der Waals surface area contributed by atoms with Gasteiger partial charge in [-0.2, -0.15) is 13.2 Å². The molecule has 0 aromatic heterocycles. The molecule has 0 unspecified atom stereocenters. The van der Waals surface area contributed by atoms with Crippen LogP contribution >= 0.6 is 15.9 Å². The summed E-state index contributed by atoms with van der Waals surface area (Å²) in [6, 6.07) is 3.84. The zero-order valence-corrected chi connectivity index (χ0v) is 12.4. The summed E-state index contributed by atoms with van der Waals surface area (Å²) in [7, 11) is 1.26. The van der Waals surface area contributed by atoms with E-state index in [9.17, 15) is 18.0 Å². The van der Waals surface area contributed by atoms with Gasteiger partial charge < -0.3 is 10.1 Å². The van der Waals surface area contributed by atoms with Crippen LogP contribution in [-0.2, 0) is 15.7 Å². The normalized spacial score (nSPS) is 12.2. The van der Waals surface area contributed by atoms with E-state index in [2.05, 4.69) is 26.0 Å². The maximum Gasteiger partial charge on any atom is 0.417 e. The van der Waals surface area contributed by atoms with Crippen LogP contribution < -0.4 is 5.32 Å². The SMILES string of the molecule is COC(=O)/C(C)=C/CNc1ccc(Br)c(C(F)(F)F)c1. The van der Waals surface area contributed by atoms with Crippen LogP contribution in [0, 0.1) is 0 Å². The van der Waals surface area contributed by atoms with Gasteiger partial charge in [0.2, 0.25) is 0 Å². The maximum absolute atomic E-state index is 12.7. The average molecular weight is 352 g/mol. The van der Waals surface area contributed by atoms with E-state index < -0.39 is 17.7 Å². The average Bonchev–Trinajstić information content (AvgIpc) is 2.38. The first-order chi connectivity index (χ1) is 9.25. The molecule has 110 valence electrons. The van der Waals surface area contributed by atoms with Crippen molar-refractivity contribution in [1.29, 1.82) is 0 Å².